The molecule has 4 aromatic rings. The third-order valence-electron chi connectivity index (χ3n) is 6.13. The van der Waals surface area contributed by atoms with Crippen molar-refractivity contribution in [3.8, 4) is 11.1 Å². The number of oxazole rings is 1. The van der Waals surface area contributed by atoms with Gasteiger partial charge in [0.1, 0.15) is 0 Å². The number of anilines is 2. The van der Waals surface area contributed by atoms with Gasteiger partial charge in [0.2, 0.25) is 5.76 Å². The summed E-state index contributed by atoms with van der Waals surface area (Å²) >= 11 is 0. The maximum Gasteiger partial charge on any atom is 0.293 e. The van der Waals surface area contributed by atoms with Crippen molar-refractivity contribution in [2.45, 2.75) is 26.4 Å². The summed E-state index contributed by atoms with van der Waals surface area (Å²) in [6.45, 7) is 5.14. The molecule has 10 heteroatoms. The Labute approximate surface area is 196 Å². The smallest absolute Gasteiger partial charge is 0.293 e. The van der Waals surface area contributed by atoms with Crippen LogP contribution in [0, 0.1) is 13.8 Å². The fourth-order valence-corrected chi connectivity index (χ4v) is 4.20. The van der Waals surface area contributed by atoms with E-state index < -0.39 is 0 Å². The first-order valence-electron chi connectivity index (χ1n) is 10.5. The molecule has 0 unspecified atom stereocenters. The normalized spacial score (nSPS) is 15.6. The second-order valence-electron chi connectivity index (χ2n) is 8.16. The predicted molar refractivity (Wildman–Crippen MR) is 128 cm³/mol. The van der Waals surface area contributed by atoms with Crippen LogP contribution in [0.1, 0.15) is 28.2 Å². The molecule has 1 atom stereocenters. The van der Waals surface area contributed by atoms with Gasteiger partial charge in [0.25, 0.3) is 5.91 Å². The Kier molecular flexibility index (Phi) is 6.09. The summed E-state index contributed by atoms with van der Waals surface area (Å²) in [5.74, 6) is -0.244. The highest BCUT2D eigenvalue weighted by Crippen LogP contribution is 2.41. The zero-order chi connectivity index (χ0) is 22.4. The van der Waals surface area contributed by atoms with Crippen LogP contribution >= 0.6 is 12.4 Å². The molecule has 0 bridgehead atoms. The van der Waals surface area contributed by atoms with E-state index in [0.717, 1.165) is 45.5 Å². The standard InChI is InChI=1S/C23H24N6O3.ClH/c1-13-14(2)25-9-18(22(13)27-23(31)21-10-24-12-32-21)17-7-19-15(8-26-28(19)3)6-20(17)29-5-4-16(30)11-29;/h6-10,12,16,30H,4-5,11H2,1-3H3,(H,25,27,31);1H/t16-;/m0./s1. The number of carbonyl (C=O) groups excluding carboxylic acids is 1. The Hall–Kier alpha value is -3.43. The molecule has 3 aromatic heterocycles. The Morgan fingerprint density at radius 3 is 2.73 bits per heavy atom. The lowest BCUT2D eigenvalue weighted by atomic mass is 9.98. The second kappa shape index (κ2) is 8.84. The minimum atomic E-state index is -0.378. The van der Waals surface area contributed by atoms with Gasteiger partial charge in [0, 0.05) is 54.2 Å². The lowest BCUT2D eigenvalue weighted by Gasteiger charge is -2.24. The van der Waals surface area contributed by atoms with E-state index in [2.05, 4.69) is 37.4 Å². The molecule has 1 saturated heterocycles. The quantitative estimate of drug-likeness (QED) is 0.471. The third kappa shape index (κ3) is 4.05. The highest BCUT2D eigenvalue weighted by atomic mass is 35.5. The molecule has 1 aromatic carbocycles. The van der Waals surface area contributed by atoms with Gasteiger partial charge in [-0.25, -0.2) is 4.98 Å². The minimum absolute atomic E-state index is 0. The van der Waals surface area contributed by atoms with E-state index in [1.165, 1.54) is 12.6 Å². The topological polar surface area (TPSA) is 109 Å². The molecule has 4 heterocycles. The van der Waals surface area contributed by atoms with Gasteiger partial charge in [-0.05, 0) is 38.0 Å². The number of aliphatic hydroxyl groups excluding tert-OH is 1. The van der Waals surface area contributed by atoms with Crippen LogP contribution in [-0.4, -0.2) is 50.0 Å². The van der Waals surface area contributed by atoms with Crippen LogP contribution in [0.25, 0.3) is 22.0 Å². The zero-order valence-corrected chi connectivity index (χ0v) is 19.4. The second-order valence-corrected chi connectivity index (χ2v) is 8.16. The van der Waals surface area contributed by atoms with Crippen LogP contribution in [0.4, 0.5) is 11.4 Å². The molecule has 0 saturated carbocycles. The number of benzene rings is 1. The summed E-state index contributed by atoms with van der Waals surface area (Å²) in [5, 5.41) is 18.6. The summed E-state index contributed by atoms with van der Waals surface area (Å²) < 4.78 is 7.00. The third-order valence-corrected chi connectivity index (χ3v) is 6.13. The van der Waals surface area contributed by atoms with E-state index >= 15 is 0 Å². The van der Waals surface area contributed by atoms with Crippen molar-refractivity contribution in [2.75, 3.05) is 23.3 Å². The monoisotopic (exact) mass is 468 g/mol. The highest BCUT2D eigenvalue weighted by molar-refractivity contribution is 6.06. The molecule has 5 rings (SSSR count). The van der Waals surface area contributed by atoms with Crippen molar-refractivity contribution >= 4 is 40.6 Å². The number of nitrogens with zero attached hydrogens (tertiary/aromatic N) is 5. The van der Waals surface area contributed by atoms with Gasteiger partial charge in [0.15, 0.2) is 6.39 Å². The van der Waals surface area contributed by atoms with Crippen molar-refractivity contribution in [2.24, 2.45) is 7.05 Å². The average molecular weight is 469 g/mol. The SMILES string of the molecule is Cc1ncc(-c2cc3c(cnn3C)cc2N2CC[C@H](O)C2)c(NC(=O)c2cnco2)c1C.Cl. The fourth-order valence-electron chi connectivity index (χ4n) is 4.20. The van der Waals surface area contributed by atoms with Crippen LogP contribution in [0.15, 0.2) is 41.5 Å². The van der Waals surface area contributed by atoms with Crippen molar-refractivity contribution < 1.29 is 14.3 Å². The Balaban J connectivity index is 0.00000259. The zero-order valence-electron chi connectivity index (χ0n) is 18.6. The van der Waals surface area contributed by atoms with Crippen LogP contribution < -0.4 is 10.2 Å². The summed E-state index contributed by atoms with van der Waals surface area (Å²) in [6, 6.07) is 4.16. The van der Waals surface area contributed by atoms with Gasteiger partial charge in [-0.1, -0.05) is 0 Å². The summed E-state index contributed by atoms with van der Waals surface area (Å²) in [5.41, 5.74) is 6.01. The molecule has 9 nitrogen and oxygen atoms in total. The Morgan fingerprint density at radius 2 is 2.03 bits per heavy atom. The number of amides is 1. The predicted octanol–water partition coefficient (Wildman–Crippen LogP) is 3.49. The van der Waals surface area contributed by atoms with Gasteiger partial charge in [-0.15, -0.1) is 12.4 Å². The largest absolute Gasteiger partial charge is 0.438 e. The van der Waals surface area contributed by atoms with Crippen molar-refractivity contribution in [1.29, 1.82) is 0 Å². The van der Waals surface area contributed by atoms with E-state index in [1.807, 2.05) is 31.8 Å². The molecular weight excluding hydrogens is 444 g/mol. The Bertz CT molecular complexity index is 1320. The summed E-state index contributed by atoms with van der Waals surface area (Å²) in [6.07, 6.45) is 6.58. The van der Waals surface area contributed by atoms with Gasteiger partial charge >= 0.3 is 0 Å². The number of halogens is 1. The van der Waals surface area contributed by atoms with E-state index in [4.69, 9.17) is 4.42 Å². The van der Waals surface area contributed by atoms with Crippen LogP contribution in [0.2, 0.25) is 0 Å². The lowest BCUT2D eigenvalue weighted by Crippen LogP contribution is -2.22. The molecule has 1 amide bonds. The molecule has 1 aliphatic heterocycles. The van der Waals surface area contributed by atoms with Crippen LogP contribution in [-0.2, 0) is 7.05 Å². The van der Waals surface area contributed by atoms with E-state index in [1.54, 1.807) is 6.20 Å². The van der Waals surface area contributed by atoms with Gasteiger partial charge in [0.05, 0.1) is 29.7 Å². The van der Waals surface area contributed by atoms with Gasteiger partial charge in [-0.3, -0.25) is 14.5 Å². The number of hydrogen-bond donors (Lipinski definition) is 2. The Morgan fingerprint density at radius 1 is 1.21 bits per heavy atom. The first kappa shape index (κ1) is 22.8. The number of aromatic nitrogens is 4. The number of aliphatic hydroxyl groups is 1. The minimum Gasteiger partial charge on any atom is -0.438 e. The molecule has 0 aliphatic carbocycles. The fraction of sp³-hybridized carbons (Fsp3) is 0.304. The highest BCUT2D eigenvalue weighted by Gasteiger charge is 2.26. The van der Waals surface area contributed by atoms with E-state index in [9.17, 15) is 9.90 Å². The van der Waals surface area contributed by atoms with Gasteiger partial charge in [-0.2, -0.15) is 5.10 Å². The van der Waals surface area contributed by atoms with Crippen molar-refractivity contribution in [3.05, 3.63) is 54.1 Å². The molecule has 0 radical (unpaired) electrons. The maximum absolute atomic E-state index is 12.8. The maximum atomic E-state index is 12.8. The van der Waals surface area contributed by atoms with Gasteiger partial charge < -0.3 is 19.7 Å². The number of hydrogen-bond acceptors (Lipinski definition) is 7. The number of pyridine rings is 1. The van der Waals surface area contributed by atoms with E-state index in [-0.39, 0.29) is 30.2 Å². The molecule has 33 heavy (non-hydrogen) atoms. The summed E-state index contributed by atoms with van der Waals surface area (Å²) in [4.78, 5) is 23.4. The van der Waals surface area contributed by atoms with Crippen LogP contribution in [0.5, 0.6) is 0 Å². The number of rotatable bonds is 4. The first-order chi connectivity index (χ1) is 15.4. The molecule has 1 fully saturated rings. The number of β-amino-alcohol motifs (C(OH)–C–C–N with tert-alkyl or cyclic N) is 1. The summed E-state index contributed by atoms with van der Waals surface area (Å²) in [7, 11) is 1.90. The molecule has 1 aliphatic rings. The number of aryl methyl sites for hydroxylation is 2. The molecular formula is C23H25ClN6O3. The number of fused-ring (bicyclic) bond motifs is 1. The molecule has 0 spiro atoms. The number of carbonyl (C=O) groups is 1. The lowest BCUT2D eigenvalue weighted by molar-refractivity contribution is 0.0996. The average Bonchev–Trinajstić information content (AvgIpc) is 3.53. The van der Waals surface area contributed by atoms with Crippen molar-refractivity contribution in [3.63, 3.8) is 0 Å². The van der Waals surface area contributed by atoms with Crippen molar-refractivity contribution in [1.82, 2.24) is 19.7 Å². The van der Waals surface area contributed by atoms with E-state index in [0.29, 0.717) is 18.7 Å². The number of nitrogens with one attached hydrogen (secondary N) is 1. The molecule has 2 N–H and O–H groups in total. The molecule has 172 valence electrons. The first-order valence-corrected chi connectivity index (χ1v) is 10.5. The van der Waals surface area contributed by atoms with Crippen LogP contribution in [0.3, 0.4) is 0 Å².